The number of nitrogens with two attached hydrogens (primary N) is 1. The van der Waals surface area contributed by atoms with Crippen LogP contribution in [0.5, 0.6) is 0 Å². The van der Waals surface area contributed by atoms with Gasteiger partial charge in [0, 0.05) is 5.56 Å². The van der Waals surface area contributed by atoms with E-state index in [4.69, 9.17) is 14.9 Å². The molecule has 6 heteroatoms. The third kappa shape index (κ3) is 4.56. The lowest BCUT2D eigenvalue weighted by Gasteiger charge is -2.14. The third-order valence-corrected chi connectivity index (χ3v) is 3.89. The van der Waals surface area contributed by atoms with E-state index >= 15 is 0 Å². The van der Waals surface area contributed by atoms with Crippen LogP contribution in [0.1, 0.15) is 31.6 Å². The number of hydrogen-bond donors (Lipinski definition) is 1. The Morgan fingerprint density at radius 1 is 1.30 bits per heavy atom. The maximum atomic E-state index is 12.0. The lowest BCUT2D eigenvalue weighted by Crippen LogP contribution is -2.36. The molecule has 1 aliphatic rings. The van der Waals surface area contributed by atoms with Crippen LogP contribution < -0.4 is 5.73 Å². The van der Waals surface area contributed by atoms with Gasteiger partial charge >= 0.3 is 5.97 Å². The van der Waals surface area contributed by atoms with Crippen LogP contribution >= 0.6 is 12.4 Å². The Hall–Kier alpha value is -1.85. The standard InChI is InChI=1S/C17H20N2O3.ClH/c18-14(17(20)21-13-8-4-5-9-13)10-16-19-11-15(22-16)12-6-2-1-3-7-12;/h1-3,6-7,11,13-14H,4-5,8-10,18H2;1H/t14-;/m0./s1. The summed E-state index contributed by atoms with van der Waals surface area (Å²) in [5.74, 6) is 0.757. The third-order valence-electron chi connectivity index (χ3n) is 3.89. The summed E-state index contributed by atoms with van der Waals surface area (Å²) in [4.78, 5) is 16.2. The zero-order valence-corrected chi connectivity index (χ0v) is 13.6. The highest BCUT2D eigenvalue weighted by Gasteiger charge is 2.24. The number of hydrogen-bond acceptors (Lipinski definition) is 5. The van der Waals surface area contributed by atoms with Crippen molar-refractivity contribution in [3.8, 4) is 11.3 Å². The topological polar surface area (TPSA) is 78.4 Å². The highest BCUT2D eigenvalue weighted by molar-refractivity contribution is 5.85. The summed E-state index contributed by atoms with van der Waals surface area (Å²) in [7, 11) is 0. The zero-order valence-electron chi connectivity index (χ0n) is 12.8. The Morgan fingerprint density at radius 3 is 2.70 bits per heavy atom. The van der Waals surface area contributed by atoms with E-state index in [0.29, 0.717) is 11.7 Å². The van der Waals surface area contributed by atoms with Crippen molar-refractivity contribution in [1.82, 2.24) is 4.98 Å². The fourth-order valence-electron chi connectivity index (χ4n) is 2.67. The van der Waals surface area contributed by atoms with Crippen LogP contribution in [-0.4, -0.2) is 23.1 Å². The fraction of sp³-hybridized carbons (Fsp3) is 0.412. The highest BCUT2D eigenvalue weighted by Crippen LogP contribution is 2.22. The molecule has 1 aromatic heterocycles. The molecule has 124 valence electrons. The van der Waals surface area contributed by atoms with Gasteiger partial charge in [-0.15, -0.1) is 12.4 Å². The molecule has 1 aliphatic carbocycles. The number of carbonyl (C=O) groups is 1. The van der Waals surface area contributed by atoms with E-state index in [2.05, 4.69) is 4.98 Å². The summed E-state index contributed by atoms with van der Waals surface area (Å²) in [6.07, 6.45) is 6.05. The van der Waals surface area contributed by atoms with Crippen molar-refractivity contribution >= 4 is 18.4 Å². The molecule has 0 unspecified atom stereocenters. The van der Waals surface area contributed by atoms with Crippen LogP contribution in [0.2, 0.25) is 0 Å². The molecule has 3 rings (SSSR count). The number of benzene rings is 1. The van der Waals surface area contributed by atoms with Crippen LogP contribution in [0.4, 0.5) is 0 Å². The predicted molar refractivity (Wildman–Crippen MR) is 89.2 cm³/mol. The molecule has 1 atom stereocenters. The minimum Gasteiger partial charge on any atom is -0.461 e. The van der Waals surface area contributed by atoms with Gasteiger partial charge < -0.3 is 14.9 Å². The molecular weight excluding hydrogens is 316 g/mol. The smallest absolute Gasteiger partial charge is 0.323 e. The quantitative estimate of drug-likeness (QED) is 0.849. The van der Waals surface area contributed by atoms with E-state index in [-0.39, 0.29) is 30.9 Å². The SMILES string of the molecule is Cl.N[C@@H](Cc1ncc(-c2ccccc2)o1)C(=O)OC1CCCC1. The lowest BCUT2D eigenvalue weighted by molar-refractivity contribution is -0.150. The lowest BCUT2D eigenvalue weighted by atomic mass is 10.2. The highest BCUT2D eigenvalue weighted by atomic mass is 35.5. The monoisotopic (exact) mass is 336 g/mol. The summed E-state index contributed by atoms with van der Waals surface area (Å²) >= 11 is 0. The van der Waals surface area contributed by atoms with Crippen LogP contribution in [0.25, 0.3) is 11.3 Å². The van der Waals surface area contributed by atoms with Crippen LogP contribution in [0, 0.1) is 0 Å². The fourth-order valence-corrected chi connectivity index (χ4v) is 2.67. The Morgan fingerprint density at radius 2 is 2.00 bits per heavy atom. The first kappa shape index (κ1) is 17.5. The van der Waals surface area contributed by atoms with Gasteiger partial charge in [0.15, 0.2) is 11.7 Å². The first-order valence-electron chi connectivity index (χ1n) is 7.68. The van der Waals surface area contributed by atoms with E-state index in [1.54, 1.807) is 6.20 Å². The summed E-state index contributed by atoms with van der Waals surface area (Å²) in [6, 6.07) is 8.96. The molecule has 1 fully saturated rings. The molecule has 1 heterocycles. The summed E-state index contributed by atoms with van der Waals surface area (Å²) in [5.41, 5.74) is 6.85. The molecular formula is C17H21ClN2O3. The molecule has 23 heavy (non-hydrogen) atoms. The number of carbonyl (C=O) groups excluding carboxylic acids is 1. The van der Waals surface area contributed by atoms with Crippen molar-refractivity contribution in [3.05, 3.63) is 42.4 Å². The van der Waals surface area contributed by atoms with Gasteiger partial charge in [-0.3, -0.25) is 4.79 Å². The largest absolute Gasteiger partial charge is 0.461 e. The normalized spacial score (nSPS) is 15.9. The van der Waals surface area contributed by atoms with Gasteiger partial charge in [0.1, 0.15) is 12.1 Å². The van der Waals surface area contributed by atoms with Crippen molar-refractivity contribution in [1.29, 1.82) is 0 Å². The summed E-state index contributed by atoms with van der Waals surface area (Å²) < 4.78 is 11.1. The number of esters is 1. The average Bonchev–Trinajstić information content (AvgIpc) is 3.20. The number of halogens is 1. The number of oxazole rings is 1. The predicted octanol–water partition coefficient (Wildman–Crippen LogP) is 3.12. The van der Waals surface area contributed by atoms with Crippen LogP contribution in [-0.2, 0) is 16.0 Å². The van der Waals surface area contributed by atoms with Gasteiger partial charge in [0.2, 0.25) is 0 Å². The number of rotatable bonds is 5. The molecule has 0 radical (unpaired) electrons. The molecule has 2 aromatic rings. The van der Waals surface area contributed by atoms with Gasteiger partial charge in [-0.05, 0) is 25.7 Å². The molecule has 0 aliphatic heterocycles. The van der Waals surface area contributed by atoms with Crippen molar-refractivity contribution in [2.24, 2.45) is 5.73 Å². The summed E-state index contributed by atoms with van der Waals surface area (Å²) in [5, 5.41) is 0. The zero-order chi connectivity index (χ0) is 15.4. The second-order valence-corrected chi connectivity index (χ2v) is 5.64. The van der Waals surface area contributed by atoms with Crippen molar-refractivity contribution in [2.45, 2.75) is 44.2 Å². The molecule has 0 bridgehead atoms. The Labute approximate surface area is 141 Å². The minimum atomic E-state index is -0.733. The molecule has 0 saturated heterocycles. The molecule has 1 aromatic carbocycles. The van der Waals surface area contributed by atoms with E-state index in [1.165, 1.54) is 0 Å². The van der Waals surface area contributed by atoms with Gasteiger partial charge in [-0.1, -0.05) is 30.3 Å². The second kappa shape index (κ2) is 8.13. The van der Waals surface area contributed by atoms with E-state index in [0.717, 1.165) is 31.2 Å². The maximum absolute atomic E-state index is 12.0. The van der Waals surface area contributed by atoms with E-state index in [9.17, 15) is 4.79 Å². The first-order valence-corrected chi connectivity index (χ1v) is 7.68. The Kier molecular flexibility index (Phi) is 6.19. The molecule has 0 amide bonds. The maximum Gasteiger partial charge on any atom is 0.323 e. The van der Waals surface area contributed by atoms with Gasteiger partial charge in [-0.25, -0.2) is 4.98 Å². The molecule has 5 nitrogen and oxygen atoms in total. The molecule has 2 N–H and O–H groups in total. The van der Waals surface area contributed by atoms with E-state index < -0.39 is 6.04 Å². The minimum absolute atomic E-state index is 0. The van der Waals surface area contributed by atoms with Gasteiger partial charge in [-0.2, -0.15) is 0 Å². The second-order valence-electron chi connectivity index (χ2n) is 5.64. The molecule has 1 saturated carbocycles. The summed E-state index contributed by atoms with van der Waals surface area (Å²) in [6.45, 7) is 0. The van der Waals surface area contributed by atoms with E-state index in [1.807, 2.05) is 30.3 Å². The Bertz CT molecular complexity index is 624. The molecule has 0 spiro atoms. The van der Waals surface area contributed by atoms with Crippen molar-refractivity contribution in [3.63, 3.8) is 0 Å². The first-order chi connectivity index (χ1) is 10.7. The van der Waals surface area contributed by atoms with Crippen molar-refractivity contribution in [2.75, 3.05) is 0 Å². The Balaban J connectivity index is 0.00000192. The van der Waals surface area contributed by atoms with Gasteiger partial charge in [0.05, 0.1) is 12.6 Å². The number of ether oxygens (including phenoxy) is 1. The van der Waals surface area contributed by atoms with Crippen LogP contribution in [0.15, 0.2) is 40.9 Å². The van der Waals surface area contributed by atoms with Crippen LogP contribution in [0.3, 0.4) is 0 Å². The van der Waals surface area contributed by atoms with Gasteiger partial charge in [0.25, 0.3) is 0 Å². The average molecular weight is 337 g/mol. The number of nitrogens with zero attached hydrogens (tertiary/aromatic N) is 1. The van der Waals surface area contributed by atoms with Crippen molar-refractivity contribution < 1.29 is 13.9 Å². The number of aromatic nitrogens is 1.